The number of benzene rings is 2. The number of amides is 1. The largest absolute Gasteiger partial charge is 0.478 e. The number of nitrogens with zero attached hydrogens (tertiary/aromatic N) is 1. The lowest BCUT2D eigenvalue weighted by molar-refractivity contribution is -0.118. The van der Waals surface area contributed by atoms with E-state index in [0.29, 0.717) is 28.9 Å². The van der Waals surface area contributed by atoms with Crippen LogP contribution in [-0.2, 0) is 4.79 Å². The predicted molar refractivity (Wildman–Crippen MR) is 111 cm³/mol. The third-order valence-corrected chi connectivity index (χ3v) is 4.97. The van der Waals surface area contributed by atoms with Crippen LogP contribution in [0.2, 0.25) is 0 Å². The number of carboxylic acids is 1. The summed E-state index contributed by atoms with van der Waals surface area (Å²) in [6.07, 6.45) is 1.74. The van der Waals surface area contributed by atoms with Crippen LogP contribution in [0, 0.1) is 6.92 Å². The number of aromatic carboxylic acids is 1. The van der Waals surface area contributed by atoms with E-state index in [1.54, 1.807) is 23.9 Å². The topological polar surface area (TPSA) is 114 Å². The van der Waals surface area contributed by atoms with Gasteiger partial charge < -0.3 is 16.3 Å². The van der Waals surface area contributed by atoms with Crippen molar-refractivity contribution in [3.8, 4) is 11.1 Å². The number of nitrogens with one attached hydrogen (secondary N) is 1. The lowest BCUT2D eigenvalue weighted by atomic mass is 9.85. The molecule has 1 aliphatic heterocycles. The second-order valence-corrected chi connectivity index (χ2v) is 6.89. The average Bonchev–Trinajstić information content (AvgIpc) is 2.67. The molecule has 1 aromatic carbocycles. The van der Waals surface area contributed by atoms with Crippen molar-refractivity contribution in [3.63, 3.8) is 0 Å². The molecule has 1 aliphatic carbocycles. The highest BCUT2D eigenvalue weighted by Crippen LogP contribution is 2.32. The van der Waals surface area contributed by atoms with Gasteiger partial charge in [0.05, 0.1) is 11.3 Å². The van der Waals surface area contributed by atoms with Gasteiger partial charge in [0, 0.05) is 41.8 Å². The number of fused-ring (bicyclic) bond motifs is 1. The Balaban J connectivity index is 2.28. The Morgan fingerprint density at radius 2 is 1.90 bits per heavy atom. The summed E-state index contributed by atoms with van der Waals surface area (Å²) in [4.78, 5) is 36.5. The molecular formula is C22H23N3O4. The van der Waals surface area contributed by atoms with Crippen molar-refractivity contribution in [2.45, 2.75) is 26.2 Å². The molecule has 7 nitrogen and oxygen atoms in total. The standard InChI is InChI=1S/C22H23N3O4/c1-3-24-25-12-15-9-18(16(11-20(23)27)14-7-5-4-6-8-14)19(26)10-17(15)21(13(25)2)22(28)29/h4-10,12,16,24H,3,11H2,1-2H3,(H2,23,27)(H,28,29)/t16-/m0/s1. The molecule has 0 saturated heterocycles. The van der Waals surface area contributed by atoms with Crippen molar-refractivity contribution in [1.82, 2.24) is 4.68 Å². The molecule has 4 N–H and O–H groups in total. The summed E-state index contributed by atoms with van der Waals surface area (Å²) in [5.41, 5.74) is 10.9. The number of nitrogens with two attached hydrogens (primary N) is 1. The highest BCUT2D eigenvalue weighted by atomic mass is 16.4. The fraction of sp³-hybridized carbons (Fsp3) is 0.227. The van der Waals surface area contributed by atoms with E-state index in [-0.39, 0.29) is 17.4 Å². The summed E-state index contributed by atoms with van der Waals surface area (Å²) in [7, 11) is 0. The van der Waals surface area contributed by atoms with Gasteiger partial charge in [-0.1, -0.05) is 30.3 Å². The minimum absolute atomic E-state index is 0.0182. The van der Waals surface area contributed by atoms with E-state index in [0.717, 1.165) is 5.56 Å². The van der Waals surface area contributed by atoms with Crippen LogP contribution in [0.5, 0.6) is 0 Å². The molecule has 3 rings (SSSR count). The number of carboxylic acid groups (broad SMARTS) is 1. The molecule has 1 aromatic rings. The fourth-order valence-electron chi connectivity index (χ4n) is 3.66. The van der Waals surface area contributed by atoms with Crippen LogP contribution in [0.15, 0.2) is 53.5 Å². The first-order chi connectivity index (χ1) is 13.8. The zero-order chi connectivity index (χ0) is 21.1. The quantitative estimate of drug-likeness (QED) is 0.571. The van der Waals surface area contributed by atoms with Gasteiger partial charge in [-0.2, -0.15) is 0 Å². The van der Waals surface area contributed by atoms with E-state index in [1.165, 1.54) is 6.07 Å². The number of hydrogen-bond donors (Lipinski definition) is 3. The molecule has 2 aliphatic rings. The highest BCUT2D eigenvalue weighted by molar-refractivity contribution is 5.97. The van der Waals surface area contributed by atoms with Crippen LogP contribution in [0.1, 0.15) is 46.4 Å². The summed E-state index contributed by atoms with van der Waals surface area (Å²) in [6, 6.07) is 12.2. The zero-order valence-corrected chi connectivity index (χ0v) is 16.3. The predicted octanol–water partition coefficient (Wildman–Crippen LogP) is 2.53. The molecule has 0 saturated carbocycles. The zero-order valence-electron chi connectivity index (χ0n) is 16.3. The van der Waals surface area contributed by atoms with E-state index < -0.39 is 17.8 Å². The van der Waals surface area contributed by atoms with Crippen molar-refractivity contribution >= 4 is 11.9 Å². The molecular weight excluding hydrogens is 370 g/mol. The molecule has 0 radical (unpaired) electrons. The molecule has 0 spiro atoms. The monoisotopic (exact) mass is 393 g/mol. The molecule has 0 bridgehead atoms. The molecule has 29 heavy (non-hydrogen) atoms. The minimum Gasteiger partial charge on any atom is -0.478 e. The van der Waals surface area contributed by atoms with Gasteiger partial charge in [-0.15, -0.1) is 0 Å². The van der Waals surface area contributed by atoms with Crippen LogP contribution in [0.4, 0.5) is 0 Å². The van der Waals surface area contributed by atoms with Gasteiger partial charge in [0.1, 0.15) is 0 Å². The Morgan fingerprint density at radius 3 is 2.48 bits per heavy atom. The summed E-state index contributed by atoms with van der Waals surface area (Å²) in [6.45, 7) is 4.18. The lowest BCUT2D eigenvalue weighted by Crippen LogP contribution is -2.24. The molecule has 0 aromatic heterocycles. The van der Waals surface area contributed by atoms with Crippen molar-refractivity contribution in [1.29, 1.82) is 0 Å². The summed E-state index contributed by atoms with van der Waals surface area (Å²) >= 11 is 0. The smallest absolute Gasteiger partial charge is 0.338 e. The summed E-state index contributed by atoms with van der Waals surface area (Å²) < 4.78 is 1.64. The minimum atomic E-state index is -1.11. The maximum absolute atomic E-state index is 13.0. The number of carbonyl (C=O) groups is 2. The van der Waals surface area contributed by atoms with Crippen molar-refractivity contribution in [2.24, 2.45) is 5.73 Å². The van der Waals surface area contributed by atoms with E-state index in [1.807, 2.05) is 37.3 Å². The van der Waals surface area contributed by atoms with Gasteiger partial charge in [0.25, 0.3) is 0 Å². The van der Waals surface area contributed by atoms with Crippen LogP contribution in [0.3, 0.4) is 0 Å². The van der Waals surface area contributed by atoms with Gasteiger partial charge in [0.15, 0.2) is 5.43 Å². The number of carbonyl (C=O) groups excluding carboxylic acids is 1. The maximum Gasteiger partial charge on any atom is 0.338 e. The summed E-state index contributed by atoms with van der Waals surface area (Å²) in [5, 5.41) is 9.72. The first-order valence-corrected chi connectivity index (χ1v) is 9.33. The normalized spacial score (nSPS) is 11.9. The third kappa shape index (κ3) is 3.99. The molecule has 150 valence electrons. The molecule has 7 heteroatoms. The Morgan fingerprint density at radius 1 is 1.21 bits per heavy atom. The Bertz CT molecular complexity index is 1090. The van der Waals surface area contributed by atoms with Crippen molar-refractivity contribution < 1.29 is 14.7 Å². The van der Waals surface area contributed by atoms with E-state index >= 15 is 0 Å². The average molecular weight is 393 g/mol. The van der Waals surface area contributed by atoms with Gasteiger partial charge in [-0.3, -0.25) is 14.3 Å². The van der Waals surface area contributed by atoms with Crippen molar-refractivity contribution in [3.05, 3.63) is 81.3 Å². The number of aromatic nitrogens is 1. The Kier molecular flexibility index (Phi) is 5.68. The number of hydrogen-bond acceptors (Lipinski definition) is 4. The molecule has 1 heterocycles. The van der Waals surface area contributed by atoms with E-state index in [9.17, 15) is 19.5 Å². The van der Waals surface area contributed by atoms with Gasteiger partial charge in [-0.25, -0.2) is 4.79 Å². The molecule has 0 fully saturated rings. The Hall–Kier alpha value is -3.61. The van der Waals surface area contributed by atoms with Crippen LogP contribution in [-0.4, -0.2) is 28.2 Å². The first-order valence-electron chi connectivity index (χ1n) is 9.33. The van der Waals surface area contributed by atoms with Crippen molar-refractivity contribution in [2.75, 3.05) is 12.0 Å². The molecule has 1 amide bonds. The number of rotatable bonds is 7. The number of pyridine rings is 1. The van der Waals surface area contributed by atoms with Gasteiger partial charge in [-0.05, 0) is 31.5 Å². The van der Waals surface area contributed by atoms with E-state index in [4.69, 9.17) is 5.73 Å². The maximum atomic E-state index is 13.0. The fourth-order valence-corrected chi connectivity index (χ4v) is 3.66. The van der Waals surface area contributed by atoms with Gasteiger partial charge in [0.2, 0.25) is 5.91 Å². The van der Waals surface area contributed by atoms with Crippen LogP contribution >= 0.6 is 0 Å². The first kappa shape index (κ1) is 20.1. The van der Waals surface area contributed by atoms with Gasteiger partial charge >= 0.3 is 5.97 Å². The third-order valence-electron chi connectivity index (χ3n) is 4.97. The van der Waals surface area contributed by atoms with Crippen LogP contribution < -0.4 is 16.6 Å². The Labute approximate surface area is 168 Å². The number of primary amides is 1. The molecule has 1 atom stereocenters. The SMILES string of the molecule is CCNn1cc2cc([C@@H](CC(N)=O)c3ccccc3)c(=O)cc-2c(C(=O)O)c1C. The summed E-state index contributed by atoms with van der Waals surface area (Å²) in [5.74, 6) is -2.13. The van der Waals surface area contributed by atoms with E-state index in [2.05, 4.69) is 5.43 Å². The lowest BCUT2D eigenvalue weighted by Gasteiger charge is -2.22. The highest BCUT2D eigenvalue weighted by Gasteiger charge is 2.25. The second kappa shape index (κ2) is 8.18. The second-order valence-electron chi connectivity index (χ2n) is 6.89. The van der Waals surface area contributed by atoms with Crippen LogP contribution in [0.25, 0.3) is 11.1 Å². The molecule has 0 unspecified atom stereocenters.